The highest BCUT2D eigenvalue weighted by Gasteiger charge is 2.40. The van der Waals surface area contributed by atoms with Crippen molar-refractivity contribution in [2.75, 3.05) is 32.7 Å². The van der Waals surface area contributed by atoms with Crippen LogP contribution in [-0.2, 0) is 0 Å². The third-order valence-corrected chi connectivity index (χ3v) is 5.51. The lowest BCUT2D eigenvalue weighted by molar-refractivity contribution is -0.274. The molecule has 9 heteroatoms. The molecule has 1 atom stereocenters. The highest BCUT2D eigenvalue weighted by molar-refractivity contribution is 5.85. The molecule has 1 aromatic rings. The lowest BCUT2D eigenvalue weighted by Gasteiger charge is -2.42. The number of aliphatic hydroxyl groups is 1. The summed E-state index contributed by atoms with van der Waals surface area (Å²) in [5.74, 6) is -0.447. The first-order valence-electron chi connectivity index (χ1n) is 9.37. The summed E-state index contributed by atoms with van der Waals surface area (Å²) >= 11 is 0. The summed E-state index contributed by atoms with van der Waals surface area (Å²) < 4.78 is 41.9. The van der Waals surface area contributed by atoms with Gasteiger partial charge in [0, 0.05) is 38.6 Å². The molecule has 0 bridgehead atoms. The van der Waals surface area contributed by atoms with Gasteiger partial charge in [-0.15, -0.1) is 38.0 Å². The van der Waals surface area contributed by atoms with E-state index in [1.165, 1.54) is 12.1 Å². The molecule has 2 aliphatic rings. The van der Waals surface area contributed by atoms with Gasteiger partial charge in [-0.1, -0.05) is 31.4 Å². The Morgan fingerprint density at radius 2 is 1.75 bits per heavy atom. The van der Waals surface area contributed by atoms with Gasteiger partial charge in [-0.3, -0.25) is 0 Å². The molecule has 1 aliphatic carbocycles. The predicted molar refractivity (Wildman–Crippen MR) is 108 cm³/mol. The maximum Gasteiger partial charge on any atom is 0.573 e. The number of hydrogen-bond donors (Lipinski definition) is 2. The molecule has 0 amide bonds. The predicted octanol–water partition coefficient (Wildman–Crippen LogP) is 4.11. The van der Waals surface area contributed by atoms with Crippen LogP contribution >= 0.6 is 24.8 Å². The summed E-state index contributed by atoms with van der Waals surface area (Å²) in [6.45, 7) is 4.19. The van der Waals surface area contributed by atoms with Crippen LogP contribution in [-0.4, -0.2) is 54.7 Å². The average Bonchev–Trinajstić information content (AvgIpc) is 2.60. The van der Waals surface area contributed by atoms with Gasteiger partial charge in [-0.2, -0.15) is 0 Å². The number of nitrogens with zero attached hydrogens (tertiary/aromatic N) is 1. The van der Waals surface area contributed by atoms with E-state index in [0.29, 0.717) is 19.4 Å². The second kappa shape index (κ2) is 10.9. The molecule has 1 aliphatic heterocycles. The molecule has 4 nitrogen and oxygen atoms in total. The van der Waals surface area contributed by atoms with Gasteiger partial charge in [-0.05, 0) is 30.5 Å². The minimum Gasteiger partial charge on any atom is -0.406 e. The smallest absolute Gasteiger partial charge is 0.406 e. The summed E-state index contributed by atoms with van der Waals surface area (Å²) in [6.07, 6.45) is -0.336. The topological polar surface area (TPSA) is 44.7 Å². The molecule has 0 spiro atoms. The summed E-state index contributed by atoms with van der Waals surface area (Å²) in [4.78, 5) is 2.28. The first-order valence-corrected chi connectivity index (χ1v) is 9.37. The third kappa shape index (κ3) is 6.95. The molecule has 0 unspecified atom stereocenters. The van der Waals surface area contributed by atoms with Gasteiger partial charge in [0.15, 0.2) is 0 Å². The van der Waals surface area contributed by atoms with Gasteiger partial charge < -0.3 is 20.1 Å². The Morgan fingerprint density at radius 3 is 2.36 bits per heavy atom. The highest BCUT2D eigenvalue weighted by atomic mass is 35.5. The molecular weight excluding hydrogens is 416 g/mol. The molecule has 3 rings (SSSR count). The molecule has 28 heavy (non-hydrogen) atoms. The van der Waals surface area contributed by atoms with Crippen LogP contribution in [0.2, 0.25) is 0 Å². The van der Waals surface area contributed by atoms with Crippen molar-refractivity contribution in [2.45, 2.75) is 50.0 Å². The van der Waals surface area contributed by atoms with Crippen LogP contribution in [0.25, 0.3) is 0 Å². The molecule has 162 valence electrons. The molecule has 2 N–H and O–H groups in total. The van der Waals surface area contributed by atoms with E-state index < -0.39 is 12.0 Å². The van der Waals surface area contributed by atoms with Crippen LogP contribution < -0.4 is 10.1 Å². The normalized spacial score (nSPS) is 21.1. The second-order valence-electron chi connectivity index (χ2n) is 7.39. The number of benzene rings is 1. The maximum absolute atomic E-state index is 12.6. The maximum atomic E-state index is 12.6. The fourth-order valence-corrected chi connectivity index (χ4v) is 4.18. The molecule has 0 radical (unpaired) electrons. The monoisotopic (exact) mass is 444 g/mol. The van der Waals surface area contributed by atoms with E-state index in [2.05, 4.69) is 15.0 Å². The Morgan fingerprint density at radius 1 is 1.11 bits per heavy atom. The van der Waals surface area contributed by atoms with Crippen molar-refractivity contribution in [1.82, 2.24) is 10.2 Å². The lowest BCUT2D eigenvalue weighted by atomic mass is 9.72. The minimum atomic E-state index is -4.71. The number of piperazine rings is 1. The lowest BCUT2D eigenvalue weighted by Crippen LogP contribution is -2.49. The van der Waals surface area contributed by atoms with Gasteiger partial charge in [0.1, 0.15) is 5.75 Å². The van der Waals surface area contributed by atoms with Crippen LogP contribution in [0.15, 0.2) is 24.3 Å². The zero-order chi connectivity index (χ0) is 18.6. The minimum absolute atomic E-state index is 0. The number of halogens is 5. The number of ether oxygens (including phenoxy) is 1. The standard InChI is InChI=1S/C19H27F3N2O2.2ClH/c20-19(21,22)26-16-6-4-5-15(13-16)17(14-24-11-9-23-10-12-24)18(25)7-2-1-3-8-18;;/h4-6,13,17,23,25H,1-3,7-12,14H2;2*1H/t17-;;/m0../s1. The van der Waals surface area contributed by atoms with Gasteiger partial charge in [0.25, 0.3) is 0 Å². The van der Waals surface area contributed by atoms with E-state index in [1.807, 2.05) is 6.07 Å². The van der Waals surface area contributed by atoms with Crippen molar-refractivity contribution in [3.05, 3.63) is 29.8 Å². The number of hydrogen-bond acceptors (Lipinski definition) is 4. The van der Waals surface area contributed by atoms with Crippen LogP contribution in [0.4, 0.5) is 13.2 Å². The van der Waals surface area contributed by atoms with E-state index >= 15 is 0 Å². The SMILES string of the molecule is Cl.Cl.OC1([C@@H](CN2CCNCC2)c2cccc(OC(F)(F)F)c2)CCCCC1. The molecule has 1 saturated heterocycles. The summed E-state index contributed by atoms with van der Waals surface area (Å²) in [7, 11) is 0. The van der Waals surface area contributed by atoms with Crippen molar-refractivity contribution < 1.29 is 23.0 Å². The molecular formula is C19H29Cl2F3N2O2. The summed E-state index contributed by atoms with van der Waals surface area (Å²) in [5, 5.41) is 14.6. The zero-order valence-corrected chi connectivity index (χ0v) is 17.3. The van der Waals surface area contributed by atoms with E-state index in [-0.39, 0.29) is 36.5 Å². The summed E-state index contributed by atoms with van der Waals surface area (Å²) in [6, 6.07) is 6.13. The number of alkyl halides is 3. The van der Waals surface area contributed by atoms with Crippen LogP contribution in [0, 0.1) is 0 Å². The van der Waals surface area contributed by atoms with Gasteiger partial charge >= 0.3 is 6.36 Å². The molecule has 0 aromatic heterocycles. The Bertz CT molecular complexity index is 593. The highest BCUT2D eigenvalue weighted by Crippen LogP contribution is 2.41. The third-order valence-electron chi connectivity index (χ3n) is 5.51. The van der Waals surface area contributed by atoms with E-state index in [9.17, 15) is 18.3 Å². The number of nitrogens with one attached hydrogen (secondary N) is 1. The largest absolute Gasteiger partial charge is 0.573 e. The Labute approximate surface area is 176 Å². The molecule has 2 fully saturated rings. The van der Waals surface area contributed by atoms with Crippen molar-refractivity contribution in [2.24, 2.45) is 0 Å². The van der Waals surface area contributed by atoms with Crippen molar-refractivity contribution >= 4 is 24.8 Å². The first-order chi connectivity index (χ1) is 12.4. The zero-order valence-electron chi connectivity index (χ0n) is 15.7. The van der Waals surface area contributed by atoms with Crippen molar-refractivity contribution in [3.8, 4) is 5.75 Å². The molecule has 1 aromatic carbocycles. The van der Waals surface area contributed by atoms with Crippen molar-refractivity contribution in [1.29, 1.82) is 0 Å². The van der Waals surface area contributed by atoms with Crippen molar-refractivity contribution in [3.63, 3.8) is 0 Å². The van der Waals surface area contributed by atoms with E-state index in [0.717, 1.165) is 51.0 Å². The van der Waals surface area contributed by atoms with Crippen LogP contribution in [0.1, 0.15) is 43.6 Å². The first kappa shape index (κ1) is 25.3. The Balaban J connectivity index is 0.00000196. The average molecular weight is 445 g/mol. The van der Waals surface area contributed by atoms with Crippen LogP contribution in [0.5, 0.6) is 5.75 Å². The molecule has 1 heterocycles. The second-order valence-corrected chi connectivity index (χ2v) is 7.39. The molecule has 1 saturated carbocycles. The van der Waals surface area contributed by atoms with E-state index in [1.54, 1.807) is 6.07 Å². The quantitative estimate of drug-likeness (QED) is 0.716. The fraction of sp³-hybridized carbons (Fsp3) is 0.684. The summed E-state index contributed by atoms with van der Waals surface area (Å²) in [5.41, 5.74) is -0.158. The van der Waals surface area contributed by atoms with Gasteiger partial charge in [0.2, 0.25) is 0 Å². The van der Waals surface area contributed by atoms with Crippen LogP contribution in [0.3, 0.4) is 0 Å². The fourth-order valence-electron chi connectivity index (χ4n) is 4.18. The Hall–Kier alpha value is -0.730. The van der Waals surface area contributed by atoms with E-state index in [4.69, 9.17) is 0 Å². The Kier molecular flexibility index (Phi) is 9.83. The van der Waals surface area contributed by atoms with Gasteiger partial charge in [0.05, 0.1) is 5.60 Å². The van der Waals surface area contributed by atoms with Gasteiger partial charge in [-0.25, -0.2) is 0 Å². The number of rotatable bonds is 5.